The molecule has 0 bridgehead atoms. The maximum atomic E-state index is 9.75. The molecule has 8 heteroatoms. The van der Waals surface area contributed by atoms with E-state index in [4.69, 9.17) is 10.5 Å². The van der Waals surface area contributed by atoms with Gasteiger partial charge in [-0.2, -0.15) is 10.5 Å². The molecule has 0 saturated carbocycles. The zero-order chi connectivity index (χ0) is 15.6. The first-order chi connectivity index (χ1) is 8.83. The van der Waals surface area contributed by atoms with Gasteiger partial charge >= 0.3 is 7.25 Å². The van der Waals surface area contributed by atoms with Gasteiger partial charge in [0.05, 0.1) is 12.1 Å². The van der Waals surface area contributed by atoms with Crippen molar-refractivity contribution in [2.75, 3.05) is 0 Å². The first kappa shape index (κ1) is 27.3. The third-order valence-electron chi connectivity index (χ3n) is 1.33. The molecule has 20 heavy (non-hydrogen) atoms. The minimum atomic E-state index is -6.00. The van der Waals surface area contributed by atoms with Gasteiger partial charge in [0.25, 0.3) is 0 Å². The van der Waals surface area contributed by atoms with Crippen molar-refractivity contribution in [3.05, 3.63) is 24.3 Å². The molecule has 1 radical (unpaired) electrons. The number of hydrogen-bond donors (Lipinski definition) is 0. The van der Waals surface area contributed by atoms with Crippen LogP contribution in [-0.2, 0) is 20.1 Å². The van der Waals surface area contributed by atoms with Gasteiger partial charge in [-0.1, -0.05) is 24.3 Å². The zero-order valence-electron chi connectivity index (χ0n) is 11.5. The van der Waals surface area contributed by atoms with Crippen LogP contribution in [0.5, 0.6) is 0 Å². The van der Waals surface area contributed by atoms with Gasteiger partial charge in [0, 0.05) is 34.0 Å². The van der Waals surface area contributed by atoms with Crippen LogP contribution in [0.2, 0.25) is 0 Å². The van der Waals surface area contributed by atoms with Gasteiger partial charge in [0.1, 0.15) is 0 Å². The van der Waals surface area contributed by atoms with E-state index in [9.17, 15) is 17.3 Å². The molecule has 0 aromatic heterocycles. The van der Waals surface area contributed by atoms with Gasteiger partial charge < -0.3 is 17.3 Å². The molecule has 0 heterocycles. The van der Waals surface area contributed by atoms with Gasteiger partial charge in [0.2, 0.25) is 0 Å². The summed E-state index contributed by atoms with van der Waals surface area (Å²) in [5.41, 5.74) is 0. The van der Waals surface area contributed by atoms with E-state index in [1.807, 2.05) is 0 Å². The Kier molecular flexibility index (Phi) is 31.4. The van der Waals surface area contributed by atoms with Crippen molar-refractivity contribution in [1.82, 2.24) is 0 Å². The average Bonchev–Trinajstić information content (AvgIpc) is 2.15. The third kappa shape index (κ3) is 89.8. The second kappa shape index (κ2) is 23.0. The molecule has 0 fully saturated rings. The van der Waals surface area contributed by atoms with Crippen LogP contribution in [0, 0.1) is 22.7 Å². The Morgan fingerprint density at radius 2 is 0.850 bits per heavy atom. The molecule has 2 nitrogen and oxygen atoms in total. The number of nitrogens with zero attached hydrogens (tertiary/aromatic N) is 2. The Morgan fingerprint density at radius 1 is 0.750 bits per heavy atom. The van der Waals surface area contributed by atoms with Crippen LogP contribution in [0.15, 0.2) is 24.3 Å². The molecular formula is C12H18BF4IrN2-. The maximum absolute atomic E-state index is 9.75. The molecule has 117 valence electrons. The Balaban J connectivity index is -0.0000000935. The van der Waals surface area contributed by atoms with Gasteiger partial charge in [0.15, 0.2) is 0 Å². The number of hydrogen-bond acceptors (Lipinski definition) is 2. The molecule has 1 aliphatic rings. The summed E-state index contributed by atoms with van der Waals surface area (Å²) in [6.07, 6.45) is 14.0. The van der Waals surface area contributed by atoms with E-state index in [2.05, 4.69) is 24.3 Å². The summed E-state index contributed by atoms with van der Waals surface area (Å²) < 4.78 is 39.0. The number of allylic oxidation sites excluding steroid dienone is 4. The molecule has 0 spiro atoms. The second-order valence-electron chi connectivity index (χ2n) is 3.04. The molecule has 0 aromatic rings. The van der Waals surface area contributed by atoms with Crippen LogP contribution < -0.4 is 0 Å². The van der Waals surface area contributed by atoms with Crippen molar-refractivity contribution >= 4 is 7.25 Å². The summed E-state index contributed by atoms with van der Waals surface area (Å²) in [7, 11) is -6.00. The van der Waals surface area contributed by atoms with Crippen LogP contribution in [0.1, 0.15) is 39.5 Å². The summed E-state index contributed by atoms with van der Waals surface area (Å²) in [5, 5.41) is 14.6. The molecule has 0 unspecified atom stereocenters. The quantitative estimate of drug-likeness (QED) is 0.284. The van der Waals surface area contributed by atoms with Crippen molar-refractivity contribution < 1.29 is 37.4 Å². The zero-order valence-corrected chi connectivity index (χ0v) is 13.8. The van der Waals surface area contributed by atoms with E-state index < -0.39 is 7.25 Å². The third-order valence-corrected chi connectivity index (χ3v) is 1.33. The fourth-order valence-electron chi connectivity index (χ4n) is 0.856. The number of rotatable bonds is 0. The van der Waals surface area contributed by atoms with Crippen LogP contribution in [-0.4, -0.2) is 7.25 Å². The van der Waals surface area contributed by atoms with Crippen molar-refractivity contribution in [2.45, 2.75) is 39.5 Å². The summed E-state index contributed by atoms with van der Waals surface area (Å²) >= 11 is 0. The summed E-state index contributed by atoms with van der Waals surface area (Å²) in [4.78, 5) is 0. The molecule has 0 saturated heterocycles. The normalized spacial score (nSPS) is 11.8. The van der Waals surface area contributed by atoms with E-state index in [0.29, 0.717) is 0 Å². The van der Waals surface area contributed by atoms with Crippen molar-refractivity contribution in [3.8, 4) is 12.1 Å². The van der Waals surface area contributed by atoms with Gasteiger partial charge in [-0.05, 0) is 25.7 Å². The molecule has 0 aromatic carbocycles. The predicted octanol–water partition coefficient (Wildman–Crippen LogP) is 5.03. The minimum absolute atomic E-state index is 0. The molecular weight excluding hydrogens is 451 g/mol. The van der Waals surface area contributed by atoms with E-state index >= 15 is 0 Å². The standard InChI is InChI=1S/C8H12.2C2H3N.BF4.Ir/c1-2-4-6-8-7-5-3-1;2*1-2-3;2-1(3,4)5;/h1-2,7-8H,3-6H2;2*1H3;;/q;;;-1;. The fourth-order valence-corrected chi connectivity index (χ4v) is 0.856. The fraction of sp³-hybridized carbons (Fsp3) is 0.500. The van der Waals surface area contributed by atoms with Crippen molar-refractivity contribution in [2.24, 2.45) is 0 Å². The number of halogens is 4. The number of nitriles is 2. The Hall–Kier alpha value is -1.11. The molecule has 1 aliphatic carbocycles. The van der Waals surface area contributed by atoms with Gasteiger partial charge in [-0.15, -0.1) is 0 Å². The van der Waals surface area contributed by atoms with E-state index in [-0.39, 0.29) is 20.1 Å². The SMILES string of the molecule is C1=CCCC=CCC1.CC#N.CC#N.F[B-](F)(F)F.[Ir]. The van der Waals surface area contributed by atoms with Crippen LogP contribution in [0.25, 0.3) is 0 Å². The first-order valence-corrected chi connectivity index (χ1v) is 5.62. The molecule has 1 rings (SSSR count). The molecule has 0 amide bonds. The van der Waals surface area contributed by atoms with Crippen LogP contribution >= 0.6 is 0 Å². The largest absolute Gasteiger partial charge is 0.673 e. The van der Waals surface area contributed by atoms with Crippen LogP contribution in [0.4, 0.5) is 17.3 Å². The van der Waals surface area contributed by atoms with Crippen LogP contribution in [0.3, 0.4) is 0 Å². The Bertz CT molecular complexity index is 273. The van der Waals surface area contributed by atoms with Gasteiger partial charge in [-0.25, -0.2) is 0 Å². The monoisotopic (exact) mass is 470 g/mol. The molecule has 0 atom stereocenters. The Labute approximate surface area is 131 Å². The maximum Gasteiger partial charge on any atom is 0.673 e. The summed E-state index contributed by atoms with van der Waals surface area (Å²) in [6, 6.07) is 3.50. The predicted molar refractivity (Wildman–Crippen MR) is 69.5 cm³/mol. The van der Waals surface area contributed by atoms with E-state index in [1.54, 1.807) is 12.1 Å². The van der Waals surface area contributed by atoms with E-state index in [1.165, 1.54) is 39.5 Å². The van der Waals surface area contributed by atoms with Crippen molar-refractivity contribution in [1.29, 1.82) is 10.5 Å². The molecule has 0 aliphatic heterocycles. The first-order valence-electron chi connectivity index (χ1n) is 5.62. The minimum Gasteiger partial charge on any atom is -0.418 e. The average molecular weight is 469 g/mol. The van der Waals surface area contributed by atoms with E-state index in [0.717, 1.165) is 0 Å². The van der Waals surface area contributed by atoms with Crippen molar-refractivity contribution in [3.63, 3.8) is 0 Å². The summed E-state index contributed by atoms with van der Waals surface area (Å²) in [5.74, 6) is 0. The van der Waals surface area contributed by atoms with Gasteiger partial charge in [-0.3, -0.25) is 0 Å². The topological polar surface area (TPSA) is 47.6 Å². The smallest absolute Gasteiger partial charge is 0.418 e. The second-order valence-corrected chi connectivity index (χ2v) is 3.04. The molecule has 0 N–H and O–H groups in total. The summed E-state index contributed by atoms with van der Waals surface area (Å²) in [6.45, 7) is 2.86. The Morgan fingerprint density at radius 3 is 0.950 bits per heavy atom.